The van der Waals surface area contributed by atoms with Gasteiger partial charge in [0.1, 0.15) is 13.2 Å². The molecule has 1 amide bonds. The lowest BCUT2D eigenvalue weighted by atomic mass is 10.0. The van der Waals surface area contributed by atoms with Gasteiger partial charge in [0, 0.05) is 6.42 Å². The Balaban J connectivity index is 4.19. The zero-order valence-corrected chi connectivity index (χ0v) is 46.0. The molecule has 0 aromatic heterocycles. The number of carbonyl (C=O) groups is 1. The Kier molecular flexibility index (Phi) is 48.7. The van der Waals surface area contributed by atoms with Crippen LogP contribution in [0.4, 0.5) is 0 Å². The molecule has 8 nitrogen and oxygen atoms in total. The number of quaternary nitrogens is 1. The summed E-state index contributed by atoms with van der Waals surface area (Å²) in [6.07, 6.45) is 63.6. The second kappa shape index (κ2) is 49.7. The SMILES string of the molecule is CC/C=C\C/C=C\CCCCCCCCCCCCCCCCC(=O)NC(COP(=O)([O-])OCC[N+](C)(C)C)C(O)/C=C/CCCCCCCCCCCCCCCCCCCCCCCC. The molecule has 0 heterocycles. The second-order valence-corrected chi connectivity index (χ2v) is 22.4. The number of nitrogens with zero attached hydrogens (tertiary/aromatic N) is 1. The number of rotatable bonds is 53. The van der Waals surface area contributed by atoms with Crippen molar-refractivity contribution in [2.24, 2.45) is 0 Å². The van der Waals surface area contributed by atoms with E-state index < -0.39 is 20.0 Å². The van der Waals surface area contributed by atoms with Gasteiger partial charge in [-0.1, -0.05) is 262 Å². The van der Waals surface area contributed by atoms with Gasteiger partial charge in [0.05, 0.1) is 39.9 Å². The van der Waals surface area contributed by atoms with Crippen molar-refractivity contribution in [3.8, 4) is 0 Å². The Labute approximate surface area is 417 Å². The van der Waals surface area contributed by atoms with E-state index in [9.17, 15) is 19.4 Å². The Morgan fingerprint density at radius 3 is 1.31 bits per heavy atom. The number of carbonyl (C=O) groups excluding carboxylic acids is 1. The van der Waals surface area contributed by atoms with Gasteiger partial charge in [0.15, 0.2) is 0 Å². The summed E-state index contributed by atoms with van der Waals surface area (Å²) in [5, 5.41) is 13.9. The van der Waals surface area contributed by atoms with E-state index in [-0.39, 0.29) is 19.1 Å². The maximum Gasteiger partial charge on any atom is 0.268 e. The Bertz CT molecular complexity index is 1190. The van der Waals surface area contributed by atoms with E-state index in [4.69, 9.17) is 9.05 Å². The minimum absolute atomic E-state index is 0.0000213. The molecular formula is C58H113N2O6P. The Morgan fingerprint density at radius 2 is 0.910 bits per heavy atom. The zero-order chi connectivity index (χ0) is 49.2. The van der Waals surface area contributed by atoms with Crippen LogP contribution < -0.4 is 10.2 Å². The molecular weight excluding hydrogens is 852 g/mol. The number of aliphatic hydroxyl groups is 1. The van der Waals surface area contributed by atoms with Crippen molar-refractivity contribution >= 4 is 13.7 Å². The van der Waals surface area contributed by atoms with Gasteiger partial charge in [-0.15, -0.1) is 0 Å². The fourth-order valence-corrected chi connectivity index (χ4v) is 9.33. The first-order valence-electron chi connectivity index (χ1n) is 28.9. The minimum Gasteiger partial charge on any atom is -0.756 e. The molecule has 0 rings (SSSR count). The lowest BCUT2D eigenvalue weighted by Gasteiger charge is -2.29. The standard InChI is InChI=1S/C58H113N2O6P/c1-6-8-10-12-14-16-18-20-22-24-26-28-29-30-32-33-35-37-39-41-43-45-47-49-51-57(61)56(55-66-67(63,64)65-54-53-60(3,4)5)59-58(62)52-50-48-46-44-42-40-38-36-34-31-27-25-23-21-19-17-15-13-11-9-7-2/h9,11,15,17,49,51,56-57,61H,6-8,10,12-14,16,18-48,50,52-55H2,1-5H3,(H-,59,62,63,64)/b11-9-,17-15-,51-49+. The molecule has 0 spiro atoms. The van der Waals surface area contributed by atoms with Crippen molar-refractivity contribution in [2.75, 3.05) is 40.9 Å². The summed E-state index contributed by atoms with van der Waals surface area (Å²) in [6.45, 7) is 4.58. The van der Waals surface area contributed by atoms with Crippen LogP contribution in [0, 0.1) is 0 Å². The molecule has 0 saturated heterocycles. The number of allylic oxidation sites excluding steroid dienone is 5. The lowest BCUT2D eigenvalue weighted by Crippen LogP contribution is -2.45. The molecule has 396 valence electrons. The number of aliphatic hydroxyl groups excluding tert-OH is 1. The first kappa shape index (κ1) is 65.7. The largest absolute Gasteiger partial charge is 0.756 e. The zero-order valence-electron chi connectivity index (χ0n) is 45.1. The van der Waals surface area contributed by atoms with Crippen LogP contribution >= 0.6 is 7.82 Å². The van der Waals surface area contributed by atoms with Crippen molar-refractivity contribution in [2.45, 2.75) is 289 Å². The van der Waals surface area contributed by atoms with Crippen molar-refractivity contribution in [1.82, 2.24) is 5.32 Å². The Hall–Kier alpha value is -1.28. The van der Waals surface area contributed by atoms with Crippen LogP contribution in [0.2, 0.25) is 0 Å². The molecule has 2 N–H and O–H groups in total. The van der Waals surface area contributed by atoms with E-state index in [1.54, 1.807) is 6.08 Å². The molecule has 0 aromatic carbocycles. The summed E-state index contributed by atoms with van der Waals surface area (Å²) in [5.74, 6) is -0.195. The Morgan fingerprint density at radius 1 is 0.537 bits per heavy atom. The van der Waals surface area contributed by atoms with Gasteiger partial charge in [-0.25, -0.2) is 0 Å². The maximum absolute atomic E-state index is 13.0. The average molecular weight is 966 g/mol. The average Bonchev–Trinajstić information content (AvgIpc) is 3.29. The molecule has 67 heavy (non-hydrogen) atoms. The van der Waals surface area contributed by atoms with E-state index in [0.717, 1.165) is 51.4 Å². The molecule has 3 unspecified atom stereocenters. The smallest absolute Gasteiger partial charge is 0.268 e. The molecule has 0 aliphatic carbocycles. The first-order valence-corrected chi connectivity index (χ1v) is 30.3. The van der Waals surface area contributed by atoms with E-state index in [0.29, 0.717) is 17.4 Å². The third-order valence-corrected chi connectivity index (χ3v) is 14.1. The number of amides is 1. The number of hydrogen-bond acceptors (Lipinski definition) is 6. The molecule has 0 fully saturated rings. The molecule has 3 atom stereocenters. The fourth-order valence-electron chi connectivity index (χ4n) is 8.61. The van der Waals surface area contributed by atoms with Gasteiger partial charge in [0.25, 0.3) is 7.82 Å². The normalized spacial score (nSPS) is 14.2. The number of nitrogens with one attached hydrogen (secondary N) is 1. The highest BCUT2D eigenvalue weighted by Crippen LogP contribution is 2.38. The topological polar surface area (TPSA) is 108 Å². The predicted octanol–water partition coefficient (Wildman–Crippen LogP) is 16.7. The van der Waals surface area contributed by atoms with Crippen LogP contribution in [-0.2, 0) is 18.4 Å². The maximum atomic E-state index is 13.0. The lowest BCUT2D eigenvalue weighted by molar-refractivity contribution is -0.870. The predicted molar refractivity (Wildman–Crippen MR) is 288 cm³/mol. The van der Waals surface area contributed by atoms with Gasteiger partial charge >= 0.3 is 0 Å². The second-order valence-electron chi connectivity index (χ2n) is 21.0. The number of phosphoric acid groups is 1. The van der Waals surface area contributed by atoms with Crippen molar-refractivity contribution in [1.29, 1.82) is 0 Å². The molecule has 0 saturated carbocycles. The molecule has 9 heteroatoms. The quantitative estimate of drug-likeness (QED) is 0.0272. The number of unbranched alkanes of at least 4 members (excludes halogenated alkanes) is 36. The molecule has 0 radical (unpaired) electrons. The van der Waals surface area contributed by atoms with Crippen molar-refractivity contribution in [3.05, 3.63) is 36.5 Å². The van der Waals surface area contributed by atoms with Gasteiger partial charge in [0.2, 0.25) is 5.91 Å². The summed E-state index contributed by atoms with van der Waals surface area (Å²) in [4.78, 5) is 25.5. The van der Waals surface area contributed by atoms with E-state index in [2.05, 4.69) is 43.5 Å². The van der Waals surface area contributed by atoms with Crippen molar-refractivity contribution < 1.29 is 32.9 Å². The first-order chi connectivity index (χ1) is 32.5. The third-order valence-electron chi connectivity index (χ3n) is 13.1. The van der Waals surface area contributed by atoms with Crippen LogP contribution in [0.1, 0.15) is 277 Å². The molecule has 0 aliphatic rings. The van der Waals surface area contributed by atoms with Crippen molar-refractivity contribution in [3.63, 3.8) is 0 Å². The summed E-state index contributed by atoms with van der Waals surface area (Å²) in [6, 6.07) is -0.886. The third kappa shape index (κ3) is 52.4. The fraction of sp³-hybridized carbons (Fsp3) is 0.879. The summed E-state index contributed by atoms with van der Waals surface area (Å²) in [5.41, 5.74) is 0. The molecule has 0 aromatic rings. The highest BCUT2D eigenvalue weighted by Gasteiger charge is 2.23. The van der Waals surface area contributed by atoms with Gasteiger partial charge in [-0.2, -0.15) is 0 Å². The summed E-state index contributed by atoms with van der Waals surface area (Å²) >= 11 is 0. The monoisotopic (exact) mass is 965 g/mol. The van der Waals surface area contributed by atoms with E-state index in [1.807, 2.05) is 27.2 Å². The highest BCUT2D eigenvalue weighted by molar-refractivity contribution is 7.45. The van der Waals surface area contributed by atoms with Gasteiger partial charge in [-0.05, 0) is 44.9 Å². The summed E-state index contributed by atoms with van der Waals surface area (Å²) < 4.78 is 23.4. The summed E-state index contributed by atoms with van der Waals surface area (Å²) in [7, 11) is 1.27. The van der Waals surface area contributed by atoms with Crippen LogP contribution in [0.25, 0.3) is 0 Å². The van der Waals surface area contributed by atoms with Crippen LogP contribution in [0.15, 0.2) is 36.5 Å². The number of phosphoric ester groups is 1. The van der Waals surface area contributed by atoms with Gasteiger partial charge in [-0.3, -0.25) is 9.36 Å². The van der Waals surface area contributed by atoms with E-state index >= 15 is 0 Å². The van der Waals surface area contributed by atoms with Gasteiger partial charge < -0.3 is 28.8 Å². The number of hydrogen-bond donors (Lipinski definition) is 2. The van der Waals surface area contributed by atoms with Crippen LogP contribution in [-0.4, -0.2) is 68.5 Å². The molecule has 0 aliphatic heterocycles. The van der Waals surface area contributed by atoms with Crippen LogP contribution in [0.5, 0.6) is 0 Å². The highest BCUT2D eigenvalue weighted by atomic mass is 31.2. The number of likely N-dealkylation sites (N-methyl/N-ethyl adjacent to an activating group) is 1. The van der Waals surface area contributed by atoms with E-state index in [1.165, 1.54) is 205 Å². The molecule has 0 bridgehead atoms. The minimum atomic E-state index is -4.60. The van der Waals surface area contributed by atoms with Crippen LogP contribution in [0.3, 0.4) is 0 Å².